The van der Waals surface area contributed by atoms with Crippen molar-refractivity contribution < 1.29 is 24.2 Å². The molecule has 1 aliphatic heterocycles. The summed E-state index contributed by atoms with van der Waals surface area (Å²) < 4.78 is 4.61. The van der Waals surface area contributed by atoms with Crippen LogP contribution in [0.15, 0.2) is 0 Å². The largest absolute Gasteiger partial charge is 0.480 e. The Balaban J connectivity index is 0.00000289. The fourth-order valence-electron chi connectivity index (χ4n) is 2.08. The maximum Gasteiger partial charge on any atom is 0.321 e. The number of likely N-dealkylation sites (tertiary alicyclic amines) is 1. The lowest BCUT2D eigenvalue weighted by atomic mass is 10.0. The van der Waals surface area contributed by atoms with E-state index in [0.29, 0.717) is 0 Å². The number of halogens is 1. The Labute approximate surface area is 111 Å². The SMILES string of the molecule is COC(=O)[C@@H]1C[C@H](C(=O)O)N(C)C1NC(C)=O.Cl. The molecule has 18 heavy (non-hydrogen) atoms. The number of carboxylic acids is 1. The molecular formula is C10H17ClN2O5. The van der Waals surface area contributed by atoms with Crippen LogP contribution in [0.2, 0.25) is 0 Å². The summed E-state index contributed by atoms with van der Waals surface area (Å²) in [6.07, 6.45) is -0.509. The minimum absolute atomic E-state index is 0. The van der Waals surface area contributed by atoms with Gasteiger partial charge in [0, 0.05) is 6.92 Å². The van der Waals surface area contributed by atoms with Gasteiger partial charge in [-0.05, 0) is 13.5 Å². The summed E-state index contributed by atoms with van der Waals surface area (Å²) in [5, 5.41) is 11.6. The highest BCUT2D eigenvalue weighted by molar-refractivity contribution is 5.85. The van der Waals surface area contributed by atoms with Crippen LogP contribution >= 0.6 is 12.4 Å². The number of ether oxygens (including phenoxy) is 1. The zero-order valence-corrected chi connectivity index (χ0v) is 11.2. The first-order valence-electron chi connectivity index (χ1n) is 5.18. The number of likely N-dealkylation sites (N-methyl/N-ethyl adjacent to an activating group) is 1. The Hall–Kier alpha value is -1.34. The number of esters is 1. The van der Waals surface area contributed by atoms with Crippen LogP contribution in [0, 0.1) is 5.92 Å². The third kappa shape index (κ3) is 3.33. The second-order valence-corrected chi connectivity index (χ2v) is 4.03. The number of carbonyl (C=O) groups is 3. The van der Waals surface area contributed by atoms with Gasteiger partial charge in [0.2, 0.25) is 5.91 Å². The number of rotatable bonds is 3. The molecule has 1 heterocycles. The molecule has 0 radical (unpaired) electrons. The lowest BCUT2D eigenvalue weighted by Crippen LogP contribution is -2.49. The van der Waals surface area contributed by atoms with Crippen molar-refractivity contribution in [1.29, 1.82) is 0 Å². The van der Waals surface area contributed by atoms with Gasteiger partial charge in [0.15, 0.2) is 0 Å². The molecule has 7 nitrogen and oxygen atoms in total. The van der Waals surface area contributed by atoms with Crippen LogP contribution in [0.3, 0.4) is 0 Å². The van der Waals surface area contributed by atoms with Crippen molar-refractivity contribution in [2.75, 3.05) is 14.2 Å². The van der Waals surface area contributed by atoms with Gasteiger partial charge in [-0.15, -0.1) is 12.4 Å². The number of hydrogen-bond donors (Lipinski definition) is 2. The lowest BCUT2D eigenvalue weighted by molar-refractivity contribution is -0.147. The summed E-state index contributed by atoms with van der Waals surface area (Å²) in [5.74, 6) is -2.51. The number of methoxy groups -OCH3 is 1. The van der Waals surface area contributed by atoms with Gasteiger partial charge in [-0.25, -0.2) is 0 Å². The molecule has 0 aromatic heterocycles. The molecule has 3 atom stereocenters. The van der Waals surface area contributed by atoms with Crippen molar-refractivity contribution in [2.45, 2.75) is 25.6 Å². The summed E-state index contributed by atoms with van der Waals surface area (Å²) in [5.41, 5.74) is 0. The molecule has 0 aromatic carbocycles. The van der Waals surface area contributed by atoms with Crippen molar-refractivity contribution in [3.8, 4) is 0 Å². The van der Waals surface area contributed by atoms with Crippen LogP contribution in [-0.4, -0.2) is 54.2 Å². The van der Waals surface area contributed by atoms with Gasteiger partial charge in [0.1, 0.15) is 6.04 Å². The predicted molar refractivity (Wildman–Crippen MR) is 64.2 cm³/mol. The van der Waals surface area contributed by atoms with Gasteiger partial charge in [-0.3, -0.25) is 19.3 Å². The van der Waals surface area contributed by atoms with Crippen molar-refractivity contribution >= 4 is 30.3 Å². The molecule has 1 saturated heterocycles. The number of nitrogens with one attached hydrogen (secondary N) is 1. The second kappa shape index (κ2) is 6.55. The highest BCUT2D eigenvalue weighted by Gasteiger charge is 2.46. The van der Waals surface area contributed by atoms with Gasteiger partial charge < -0.3 is 15.2 Å². The van der Waals surface area contributed by atoms with E-state index in [1.165, 1.54) is 18.9 Å². The van der Waals surface area contributed by atoms with Gasteiger partial charge in [0.05, 0.1) is 19.2 Å². The van der Waals surface area contributed by atoms with Crippen LogP contribution in [-0.2, 0) is 19.1 Å². The Kier molecular flexibility index (Phi) is 6.07. The van der Waals surface area contributed by atoms with Crippen LogP contribution < -0.4 is 5.32 Å². The summed E-state index contributed by atoms with van der Waals surface area (Å²) in [4.78, 5) is 35.0. The highest BCUT2D eigenvalue weighted by atomic mass is 35.5. The standard InChI is InChI=1S/C10H16N2O5.ClH/c1-5(13)11-8-6(10(16)17-3)4-7(9(14)15)12(8)2;/h6-8H,4H2,1-3H3,(H,11,13)(H,14,15);1H/t6-,7-,8?;/m1./s1. The van der Waals surface area contributed by atoms with Crippen LogP contribution in [0.1, 0.15) is 13.3 Å². The van der Waals surface area contributed by atoms with E-state index in [0.717, 1.165) is 0 Å². The molecule has 8 heteroatoms. The van der Waals surface area contributed by atoms with Crippen molar-refractivity contribution in [3.05, 3.63) is 0 Å². The predicted octanol–water partition coefficient (Wildman–Crippen LogP) is -0.552. The van der Waals surface area contributed by atoms with E-state index in [9.17, 15) is 14.4 Å². The molecule has 1 unspecified atom stereocenters. The zero-order chi connectivity index (χ0) is 13.2. The second-order valence-electron chi connectivity index (χ2n) is 4.03. The number of amides is 1. The minimum atomic E-state index is -1.02. The lowest BCUT2D eigenvalue weighted by Gasteiger charge is -2.25. The molecule has 0 bridgehead atoms. The first kappa shape index (κ1) is 16.7. The van der Waals surface area contributed by atoms with E-state index < -0.39 is 30.1 Å². The van der Waals surface area contributed by atoms with Gasteiger partial charge in [-0.1, -0.05) is 0 Å². The van der Waals surface area contributed by atoms with Gasteiger partial charge >= 0.3 is 11.9 Å². The normalized spacial score (nSPS) is 27.2. The molecule has 0 spiro atoms. The van der Waals surface area contributed by atoms with E-state index >= 15 is 0 Å². The molecule has 0 aromatic rings. The van der Waals surface area contributed by atoms with Crippen LogP contribution in [0.25, 0.3) is 0 Å². The van der Waals surface area contributed by atoms with Gasteiger partial charge in [-0.2, -0.15) is 0 Å². The average molecular weight is 281 g/mol. The minimum Gasteiger partial charge on any atom is -0.480 e. The monoisotopic (exact) mass is 280 g/mol. The third-order valence-corrected chi connectivity index (χ3v) is 2.93. The topological polar surface area (TPSA) is 95.9 Å². The first-order chi connectivity index (χ1) is 7.88. The summed E-state index contributed by atoms with van der Waals surface area (Å²) in [6.45, 7) is 1.32. The molecule has 1 amide bonds. The summed E-state index contributed by atoms with van der Waals surface area (Å²) in [7, 11) is 2.80. The van der Waals surface area contributed by atoms with E-state index in [1.54, 1.807) is 7.05 Å². The van der Waals surface area contributed by atoms with Crippen molar-refractivity contribution in [2.24, 2.45) is 5.92 Å². The highest BCUT2D eigenvalue weighted by Crippen LogP contribution is 2.28. The molecule has 1 rings (SSSR count). The molecule has 1 aliphatic rings. The Bertz CT molecular complexity index is 349. The van der Waals surface area contributed by atoms with Crippen LogP contribution in [0.4, 0.5) is 0 Å². The fourth-order valence-corrected chi connectivity index (χ4v) is 2.08. The Morgan fingerprint density at radius 1 is 1.39 bits per heavy atom. The smallest absolute Gasteiger partial charge is 0.321 e. The number of carboxylic acid groups (broad SMARTS) is 1. The maximum atomic E-state index is 11.5. The van der Waals surface area contributed by atoms with Crippen LogP contribution in [0.5, 0.6) is 0 Å². The Morgan fingerprint density at radius 3 is 2.33 bits per heavy atom. The summed E-state index contributed by atoms with van der Waals surface area (Å²) in [6, 6.07) is -0.795. The molecule has 1 fully saturated rings. The van der Waals surface area contributed by atoms with E-state index in [1.807, 2.05) is 0 Å². The Morgan fingerprint density at radius 2 is 1.94 bits per heavy atom. The summed E-state index contributed by atoms with van der Waals surface area (Å²) >= 11 is 0. The molecule has 104 valence electrons. The number of aliphatic carboxylic acids is 1. The number of carbonyl (C=O) groups excluding carboxylic acids is 2. The van der Waals surface area contributed by atoms with Gasteiger partial charge in [0.25, 0.3) is 0 Å². The molecular weight excluding hydrogens is 264 g/mol. The number of nitrogens with zero attached hydrogens (tertiary/aromatic N) is 1. The molecule has 0 aliphatic carbocycles. The average Bonchev–Trinajstić information content (AvgIpc) is 2.55. The maximum absolute atomic E-state index is 11.5. The number of hydrogen-bond acceptors (Lipinski definition) is 5. The van der Waals surface area contributed by atoms with E-state index in [2.05, 4.69) is 10.1 Å². The zero-order valence-electron chi connectivity index (χ0n) is 10.4. The first-order valence-corrected chi connectivity index (χ1v) is 5.18. The fraction of sp³-hybridized carbons (Fsp3) is 0.700. The van der Waals surface area contributed by atoms with Crippen molar-refractivity contribution in [1.82, 2.24) is 10.2 Å². The third-order valence-electron chi connectivity index (χ3n) is 2.93. The molecule has 2 N–H and O–H groups in total. The van der Waals surface area contributed by atoms with E-state index in [-0.39, 0.29) is 24.7 Å². The van der Waals surface area contributed by atoms with E-state index in [4.69, 9.17) is 5.11 Å². The molecule has 0 saturated carbocycles. The van der Waals surface area contributed by atoms with Crippen molar-refractivity contribution in [3.63, 3.8) is 0 Å². The quantitative estimate of drug-likeness (QED) is 0.674.